The molecule has 0 saturated carbocycles. The Labute approximate surface area is 135 Å². The maximum Gasteiger partial charge on any atom is 0.326 e. The molecule has 1 aliphatic heterocycles. The molecule has 126 valence electrons. The Morgan fingerprint density at radius 2 is 2.26 bits per heavy atom. The predicted octanol–water partition coefficient (Wildman–Crippen LogP) is 1.54. The fourth-order valence-corrected chi connectivity index (χ4v) is 2.79. The number of ether oxygens (including phenoxy) is 2. The van der Waals surface area contributed by atoms with Crippen LogP contribution in [-0.2, 0) is 20.7 Å². The van der Waals surface area contributed by atoms with E-state index in [9.17, 15) is 14.7 Å². The van der Waals surface area contributed by atoms with Crippen molar-refractivity contribution in [1.82, 2.24) is 5.32 Å². The van der Waals surface area contributed by atoms with Gasteiger partial charge in [-0.15, -0.1) is 0 Å². The second kappa shape index (κ2) is 7.97. The summed E-state index contributed by atoms with van der Waals surface area (Å²) in [5.41, 5.74) is 1.77. The normalized spacial score (nSPS) is 19.0. The van der Waals surface area contributed by atoms with Crippen molar-refractivity contribution in [3.05, 3.63) is 29.3 Å². The van der Waals surface area contributed by atoms with E-state index in [0.29, 0.717) is 19.0 Å². The topological polar surface area (TPSA) is 84.9 Å². The Morgan fingerprint density at radius 3 is 2.87 bits per heavy atom. The van der Waals surface area contributed by atoms with Crippen LogP contribution < -0.4 is 10.1 Å². The summed E-state index contributed by atoms with van der Waals surface area (Å²) in [6, 6.07) is 4.62. The van der Waals surface area contributed by atoms with Crippen molar-refractivity contribution in [2.75, 3.05) is 20.3 Å². The Balaban J connectivity index is 2.00. The van der Waals surface area contributed by atoms with E-state index in [-0.39, 0.29) is 18.2 Å². The lowest BCUT2D eigenvalue weighted by atomic mass is 9.93. The Hall–Kier alpha value is -2.08. The van der Waals surface area contributed by atoms with Gasteiger partial charge in [-0.25, -0.2) is 4.79 Å². The molecule has 2 atom stereocenters. The summed E-state index contributed by atoms with van der Waals surface area (Å²) in [6.45, 7) is 2.95. The van der Waals surface area contributed by atoms with Crippen LogP contribution in [0.25, 0.3) is 0 Å². The molecule has 1 fully saturated rings. The molecule has 2 N–H and O–H groups in total. The first-order valence-electron chi connectivity index (χ1n) is 7.74. The molecule has 1 aromatic carbocycles. The second-order valence-electron chi connectivity index (χ2n) is 5.84. The van der Waals surface area contributed by atoms with E-state index in [1.54, 1.807) is 13.2 Å². The van der Waals surface area contributed by atoms with E-state index in [1.165, 1.54) is 0 Å². The lowest BCUT2D eigenvalue weighted by molar-refractivity contribution is -0.145. The van der Waals surface area contributed by atoms with Crippen LogP contribution in [0.3, 0.4) is 0 Å². The van der Waals surface area contributed by atoms with Crippen LogP contribution in [-0.4, -0.2) is 43.3 Å². The van der Waals surface area contributed by atoms with Gasteiger partial charge in [0.15, 0.2) is 0 Å². The van der Waals surface area contributed by atoms with Gasteiger partial charge in [-0.1, -0.05) is 12.1 Å². The number of carbonyl (C=O) groups excluding carboxylic acids is 1. The first-order valence-corrected chi connectivity index (χ1v) is 7.74. The highest BCUT2D eigenvalue weighted by molar-refractivity contribution is 5.85. The largest absolute Gasteiger partial charge is 0.496 e. The van der Waals surface area contributed by atoms with Crippen LogP contribution in [0.4, 0.5) is 0 Å². The van der Waals surface area contributed by atoms with Gasteiger partial charge < -0.3 is 19.9 Å². The SMILES string of the molecule is COc1cc(CC(=O)NC(C(=O)O)C2CCCOC2)ccc1C. The van der Waals surface area contributed by atoms with Crippen LogP contribution in [0.1, 0.15) is 24.0 Å². The standard InChI is InChI=1S/C17H23NO5/c1-11-5-6-12(8-14(11)22-2)9-15(19)18-16(17(20)21)13-4-3-7-23-10-13/h5-6,8,13,16H,3-4,7,9-10H2,1-2H3,(H,18,19)(H,20,21). The molecular formula is C17H23NO5. The first kappa shape index (κ1) is 17.3. The van der Waals surface area contributed by atoms with Crippen molar-refractivity contribution >= 4 is 11.9 Å². The number of amides is 1. The number of carbonyl (C=O) groups is 2. The number of hydrogen-bond donors (Lipinski definition) is 2. The minimum atomic E-state index is -1.02. The number of aryl methyl sites for hydroxylation is 1. The van der Waals surface area contributed by atoms with Crippen molar-refractivity contribution in [1.29, 1.82) is 0 Å². The molecule has 6 heteroatoms. The zero-order valence-corrected chi connectivity index (χ0v) is 13.5. The van der Waals surface area contributed by atoms with Gasteiger partial charge in [-0.05, 0) is 37.0 Å². The average Bonchev–Trinajstić information content (AvgIpc) is 2.55. The van der Waals surface area contributed by atoms with Gasteiger partial charge in [0.2, 0.25) is 5.91 Å². The number of benzene rings is 1. The number of carboxylic acids is 1. The molecule has 2 rings (SSSR count). The number of methoxy groups -OCH3 is 1. The number of hydrogen-bond acceptors (Lipinski definition) is 4. The van der Waals surface area contributed by atoms with Gasteiger partial charge in [0, 0.05) is 12.5 Å². The number of aliphatic carboxylic acids is 1. The molecule has 1 aromatic rings. The van der Waals surface area contributed by atoms with Crippen molar-refractivity contribution in [3.63, 3.8) is 0 Å². The summed E-state index contributed by atoms with van der Waals surface area (Å²) < 4.78 is 10.6. The van der Waals surface area contributed by atoms with E-state index in [0.717, 1.165) is 24.0 Å². The molecule has 23 heavy (non-hydrogen) atoms. The maximum absolute atomic E-state index is 12.2. The Kier molecular flexibility index (Phi) is 5.98. The first-order chi connectivity index (χ1) is 11.0. The van der Waals surface area contributed by atoms with Gasteiger partial charge in [0.25, 0.3) is 0 Å². The van der Waals surface area contributed by atoms with E-state index in [2.05, 4.69) is 5.32 Å². The van der Waals surface area contributed by atoms with Crippen LogP contribution in [0.5, 0.6) is 5.75 Å². The fraction of sp³-hybridized carbons (Fsp3) is 0.529. The Morgan fingerprint density at radius 1 is 1.48 bits per heavy atom. The molecule has 0 radical (unpaired) electrons. The summed E-state index contributed by atoms with van der Waals surface area (Å²) in [4.78, 5) is 23.6. The van der Waals surface area contributed by atoms with Crippen LogP contribution in [0, 0.1) is 12.8 Å². The lowest BCUT2D eigenvalue weighted by Crippen LogP contribution is -2.48. The predicted molar refractivity (Wildman–Crippen MR) is 84.5 cm³/mol. The Bertz CT molecular complexity index is 566. The fourth-order valence-electron chi connectivity index (χ4n) is 2.79. The minimum absolute atomic E-state index is 0.119. The number of carboxylic acid groups (broad SMARTS) is 1. The van der Waals surface area contributed by atoms with Gasteiger partial charge in [-0.3, -0.25) is 4.79 Å². The summed E-state index contributed by atoms with van der Waals surface area (Å²) in [6.07, 6.45) is 1.68. The van der Waals surface area contributed by atoms with E-state index >= 15 is 0 Å². The number of rotatable bonds is 6. The highest BCUT2D eigenvalue weighted by atomic mass is 16.5. The average molecular weight is 321 g/mol. The quantitative estimate of drug-likeness (QED) is 0.830. The highest BCUT2D eigenvalue weighted by Crippen LogP contribution is 2.20. The van der Waals surface area contributed by atoms with E-state index in [1.807, 2.05) is 19.1 Å². The molecule has 0 spiro atoms. The van der Waals surface area contributed by atoms with E-state index < -0.39 is 12.0 Å². The maximum atomic E-state index is 12.2. The molecule has 1 heterocycles. The second-order valence-corrected chi connectivity index (χ2v) is 5.84. The van der Waals surface area contributed by atoms with Gasteiger partial charge in [0.05, 0.1) is 20.1 Å². The summed E-state index contributed by atoms with van der Waals surface area (Å²) in [7, 11) is 1.58. The summed E-state index contributed by atoms with van der Waals surface area (Å²) >= 11 is 0. The molecule has 0 aliphatic carbocycles. The van der Waals surface area contributed by atoms with Crippen molar-refractivity contribution in [2.24, 2.45) is 5.92 Å². The lowest BCUT2D eigenvalue weighted by Gasteiger charge is -2.28. The molecule has 1 aliphatic rings. The highest BCUT2D eigenvalue weighted by Gasteiger charge is 2.31. The molecule has 1 saturated heterocycles. The zero-order valence-electron chi connectivity index (χ0n) is 13.5. The molecule has 2 unspecified atom stereocenters. The van der Waals surface area contributed by atoms with Crippen LogP contribution >= 0.6 is 0 Å². The van der Waals surface area contributed by atoms with Crippen molar-refractivity contribution in [2.45, 2.75) is 32.2 Å². The van der Waals surface area contributed by atoms with Crippen molar-refractivity contribution < 1.29 is 24.2 Å². The van der Waals surface area contributed by atoms with E-state index in [4.69, 9.17) is 9.47 Å². The van der Waals surface area contributed by atoms with Crippen molar-refractivity contribution in [3.8, 4) is 5.75 Å². The zero-order chi connectivity index (χ0) is 16.8. The molecule has 0 aromatic heterocycles. The third-order valence-corrected chi connectivity index (χ3v) is 4.09. The number of nitrogens with one attached hydrogen (secondary N) is 1. The van der Waals surface area contributed by atoms with Gasteiger partial charge in [0.1, 0.15) is 11.8 Å². The third kappa shape index (κ3) is 4.69. The van der Waals surface area contributed by atoms with Gasteiger partial charge in [-0.2, -0.15) is 0 Å². The van der Waals surface area contributed by atoms with Crippen LogP contribution in [0.15, 0.2) is 18.2 Å². The van der Waals surface area contributed by atoms with Crippen LogP contribution in [0.2, 0.25) is 0 Å². The molecular weight excluding hydrogens is 298 g/mol. The molecule has 1 amide bonds. The van der Waals surface area contributed by atoms with Gasteiger partial charge >= 0.3 is 5.97 Å². The summed E-state index contributed by atoms with van der Waals surface area (Å²) in [5.74, 6) is -0.798. The monoisotopic (exact) mass is 321 g/mol. The minimum Gasteiger partial charge on any atom is -0.496 e. The molecule has 6 nitrogen and oxygen atoms in total. The third-order valence-electron chi connectivity index (χ3n) is 4.09. The smallest absolute Gasteiger partial charge is 0.326 e. The molecule has 0 bridgehead atoms. The summed E-state index contributed by atoms with van der Waals surface area (Å²) in [5, 5.41) is 12.0.